The van der Waals surface area contributed by atoms with Gasteiger partial charge in [-0.3, -0.25) is 0 Å². The second-order valence-electron chi connectivity index (χ2n) is 9.08. The minimum absolute atomic E-state index is 0. The van der Waals surface area contributed by atoms with Crippen molar-refractivity contribution in [2.75, 3.05) is 4.57 Å². The van der Waals surface area contributed by atoms with Gasteiger partial charge in [-0.15, -0.1) is 11.4 Å². The predicted molar refractivity (Wildman–Crippen MR) is 141 cm³/mol. The minimum atomic E-state index is -1.85. The Balaban J connectivity index is 0.000000686. The van der Waals surface area contributed by atoms with Gasteiger partial charge in [0.15, 0.2) is 8.24 Å². The Morgan fingerprint density at radius 3 is 1.97 bits per heavy atom. The van der Waals surface area contributed by atoms with Gasteiger partial charge < -0.3 is 17.3 Å². The van der Waals surface area contributed by atoms with Crippen LogP contribution in [-0.2, 0) is 17.0 Å². The van der Waals surface area contributed by atoms with E-state index < -0.39 is 25.3 Å². The van der Waals surface area contributed by atoms with Crippen LogP contribution >= 0.6 is 18.6 Å². The van der Waals surface area contributed by atoms with Crippen molar-refractivity contribution in [3.63, 3.8) is 0 Å². The fourth-order valence-corrected chi connectivity index (χ4v) is 10.0. The summed E-state index contributed by atoms with van der Waals surface area (Å²) in [5, 5.41) is 4.97. The molecule has 0 saturated heterocycles. The molecule has 0 spiro atoms. The number of halogens is 2. The zero-order valence-corrected chi connectivity index (χ0v) is 23.4. The van der Waals surface area contributed by atoms with Crippen molar-refractivity contribution in [2.24, 2.45) is 17.8 Å². The summed E-state index contributed by atoms with van der Waals surface area (Å²) >= 11 is -0.556. The first-order chi connectivity index (χ1) is 15.0. The molecule has 170 valence electrons. The summed E-state index contributed by atoms with van der Waals surface area (Å²) < 4.78 is 2.72. The molecule has 1 unspecified atom stereocenters. The molecule has 2 aromatic rings. The molecule has 0 aromatic heterocycles. The van der Waals surface area contributed by atoms with Crippen molar-refractivity contribution in [1.82, 2.24) is 0 Å². The van der Waals surface area contributed by atoms with E-state index >= 15 is 0 Å². The Bertz CT molecular complexity index is 932. The van der Waals surface area contributed by atoms with Gasteiger partial charge in [0, 0.05) is 11.4 Å². The molecule has 1 heterocycles. The summed E-state index contributed by atoms with van der Waals surface area (Å²) in [6, 6.07) is 17.4. The topological polar surface area (TPSA) is 17.3 Å². The van der Waals surface area contributed by atoms with E-state index in [0.29, 0.717) is 11.8 Å². The number of allylic oxidation sites excluding steroid dienone is 4. The van der Waals surface area contributed by atoms with Crippen molar-refractivity contribution in [1.29, 1.82) is 0 Å². The fraction of sp³-hybridized carbons (Fsp3) is 0.346. The Kier molecular flexibility index (Phi) is 8.79. The van der Waals surface area contributed by atoms with E-state index in [0.717, 1.165) is 22.8 Å². The van der Waals surface area contributed by atoms with E-state index in [1.165, 1.54) is 24.2 Å². The maximum atomic E-state index is 4.97. The third-order valence-corrected chi connectivity index (χ3v) is 11.4. The number of para-hydroxylation sites is 4. The molecule has 2 nitrogen and oxygen atoms in total. The van der Waals surface area contributed by atoms with Crippen LogP contribution in [0.3, 0.4) is 0 Å². The average molecular weight is 519 g/mol. The Hall–Kier alpha value is -0.969. The van der Waals surface area contributed by atoms with Gasteiger partial charge in [0.2, 0.25) is 0 Å². The number of rotatable bonds is 3. The predicted octanol–water partition coefficient (Wildman–Crippen LogP) is 9.67. The molecule has 2 aliphatic carbocycles. The third kappa shape index (κ3) is 4.65. The molecule has 1 fully saturated rings. The molecule has 5 rings (SSSR count). The van der Waals surface area contributed by atoms with Crippen LogP contribution in [-0.4, -0.2) is 8.24 Å². The molecule has 1 saturated carbocycles. The van der Waals surface area contributed by atoms with E-state index in [1.807, 2.05) is 0 Å². The zero-order chi connectivity index (χ0) is 22.0. The van der Waals surface area contributed by atoms with Gasteiger partial charge in [-0.2, -0.15) is 0 Å². The van der Waals surface area contributed by atoms with Crippen LogP contribution in [0.4, 0.5) is 22.7 Å². The van der Waals surface area contributed by atoms with Gasteiger partial charge in [-0.1, -0.05) is 87.1 Å². The molecule has 6 heteroatoms. The molecule has 2 aromatic carbocycles. The fourth-order valence-electron chi connectivity index (χ4n) is 5.90. The van der Waals surface area contributed by atoms with Crippen LogP contribution in [0.5, 0.6) is 0 Å². The van der Waals surface area contributed by atoms with Gasteiger partial charge >= 0.3 is 35.6 Å². The van der Waals surface area contributed by atoms with Gasteiger partial charge in [-0.25, -0.2) is 0 Å². The van der Waals surface area contributed by atoms with E-state index in [4.69, 9.17) is 23.9 Å². The van der Waals surface area contributed by atoms with Crippen LogP contribution in [0.25, 0.3) is 5.32 Å². The number of fused-ring (bicyclic) bond motifs is 3. The summed E-state index contributed by atoms with van der Waals surface area (Å²) in [5.74, 6) is 2.20. The molecule has 32 heavy (non-hydrogen) atoms. The summed E-state index contributed by atoms with van der Waals surface area (Å²) in [6.07, 6.45) is 12.2. The molecule has 4 atom stereocenters. The average Bonchev–Trinajstić information content (AvgIpc) is 3.17. The molecule has 0 N–H and O–H groups in total. The Morgan fingerprint density at radius 2 is 1.44 bits per heavy atom. The van der Waals surface area contributed by atoms with Crippen molar-refractivity contribution in [2.45, 2.75) is 38.4 Å². The number of nitrogens with zero attached hydrogens (tertiary/aromatic N) is 2. The molecule has 0 radical (unpaired) electrons. The summed E-state index contributed by atoms with van der Waals surface area (Å²) in [6.45, 7) is 7.53. The van der Waals surface area contributed by atoms with Crippen LogP contribution in [0.2, 0.25) is 18.6 Å². The maximum absolute atomic E-state index is 4.97. The van der Waals surface area contributed by atoms with Crippen molar-refractivity contribution < 1.29 is 17.0 Å². The Morgan fingerprint density at radius 1 is 0.938 bits per heavy atom. The zero-order valence-electron chi connectivity index (χ0n) is 19.3. The number of benzene rings is 2. The number of anilines is 2. The molecular formula is C26H32Cl2N2SiTi-2. The summed E-state index contributed by atoms with van der Waals surface area (Å²) in [4.78, 5) is 0. The van der Waals surface area contributed by atoms with Crippen LogP contribution < -0.4 is 4.57 Å². The number of hydrogen-bond donors (Lipinski definition) is 0. The van der Waals surface area contributed by atoms with Crippen LogP contribution in [0, 0.1) is 25.2 Å². The van der Waals surface area contributed by atoms with E-state index in [9.17, 15) is 0 Å². The summed E-state index contributed by atoms with van der Waals surface area (Å²) in [5.41, 5.74) is 5.56. The van der Waals surface area contributed by atoms with Crippen molar-refractivity contribution in [3.8, 4) is 0 Å². The molecule has 3 aliphatic rings. The Labute approximate surface area is 211 Å². The molecule has 0 bridgehead atoms. The monoisotopic (exact) mass is 518 g/mol. The van der Waals surface area contributed by atoms with Gasteiger partial charge in [-0.05, 0) is 41.8 Å². The molecule has 1 aliphatic heterocycles. The third-order valence-electron chi connectivity index (χ3n) is 7.28. The first kappa shape index (κ1) is 25.7. The van der Waals surface area contributed by atoms with Gasteiger partial charge in [0.1, 0.15) is 0 Å². The molecular weight excluding hydrogens is 487 g/mol. The normalized spacial score (nSPS) is 24.7. The second kappa shape index (κ2) is 11.0. The van der Waals surface area contributed by atoms with Gasteiger partial charge in [0.05, 0.1) is 0 Å². The SMILES string of the molecule is CC[C@H]1CC([Si](C)(C)N2c3ccccc3[N-]c3ccccc32)[C@H]2C=CC=C[C@@H]12.[CH3-].[Cl][Ti][Cl]. The van der Waals surface area contributed by atoms with Crippen molar-refractivity contribution >= 4 is 49.6 Å². The van der Waals surface area contributed by atoms with Crippen LogP contribution in [0.1, 0.15) is 19.8 Å². The van der Waals surface area contributed by atoms with Crippen molar-refractivity contribution in [3.05, 3.63) is 85.6 Å². The standard InChI is InChI=1S/C25H29N2Si.CH3.2ClH.Ti/c1-4-18-17-25(20-12-6-5-11-19(18)20)28(2,3)27-23-15-9-7-13-21(23)26-22-14-8-10-16-24(22)27;;;;/h5-16,18-20,25H,4,17H2,1-3H3;1H3;2*1H;/q2*-1;;;+2/p-2/t18-,19-,20-,25?;;;;/m0..../s1. The van der Waals surface area contributed by atoms with E-state index in [2.05, 4.69) is 97.4 Å². The first-order valence-electron chi connectivity index (χ1n) is 11.0. The number of hydrogen-bond acceptors (Lipinski definition) is 1. The van der Waals surface area contributed by atoms with E-state index in [-0.39, 0.29) is 7.43 Å². The van der Waals surface area contributed by atoms with Gasteiger partial charge in [0.25, 0.3) is 0 Å². The summed E-state index contributed by atoms with van der Waals surface area (Å²) in [7, 11) is 7.93. The quantitative estimate of drug-likeness (QED) is 0.292. The second-order valence-corrected chi connectivity index (χ2v) is 16.2. The van der Waals surface area contributed by atoms with E-state index in [1.54, 1.807) is 0 Å². The first-order valence-corrected chi connectivity index (χ1v) is 18.4. The molecule has 0 amide bonds. The van der Waals surface area contributed by atoms with Crippen LogP contribution in [0.15, 0.2) is 72.8 Å².